The van der Waals surface area contributed by atoms with Crippen molar-refractivity contribution < 1.29 is 4.79 Å². The lowest BCUT2D eigenvalue weighted by atomic mass is 10.0. The van der Waals surface area contributed by atoms with E-state index in [-0.39, 0.29) is 11.9 Å². The third-order valence-electron chi connectivity index (χ3n) is 5.22. The average molecular weight is 348 g/mol. The molecule has 5 nitrogen and oxygen atoms in total. The van der Waals surface area contributed by atoms with E-state index in [1.807, 2.05) is 60.4 Å². The molecule has 134 valence electrons. The summed E-state index contributed by atoms with van der Waals surface area (Å²) in [6.07, 6.45) is 12.3. The van der Waals surface area contributed by atoms with Crippen LogP contribution in [0.25, 0.3) is 5.65 Å². The van der Waals surface area contributed by atoms with Crippen molar-refractivity contribution in [3.05, 3.63) is 65.9 Å². The molecule has 0 N–H and O–H groups in total. The molecular weight excluding hydrogens is 324 g/mol. The summed E-state index contributed by atoms with van der Waals surface area (Å²) in [6.45, 7) is 2.86. The molecule has 1 atom stereocenters. The first-order valence-electron chi connectivity index (χ1n) is 9.35. The molecule has 1 aliphatic rings. The Bertz CT molecular complexity index is 903. The van der Waals surface area contributed by atoms with Gasteiger partial charge in [-0.3, -0.25) is 9.78 Å². The molecule has 26 heavy (non-hydrogen) atoms. The second-order valence-corrected chi connectivity index (χ2v) is 7.06. The Balaban J connectivity index is 1.58. The number of aryl methyl sites for hydroxylation is 1. The second kappa shape index (κ2) is 7.28. The minimum absolute atomic E-state index is 0.145. The van der Waals surface area contributed by atoms with Crippen molar-refractivity contribution in [2.75, 3.05) is 6.54 Å². The van der Waals surface area contributed by atoms with Gasteiger partial charge in [0.2, 0.25) is 5.91 Å². The van der Waals surface area contributed by atoms with E-state index in [1.165, 1.54) is 12.0 Å². The van der Waals surface area contributed by atoms with Crippen molar-refractivity contribution in [3.63, 3.8) is 0 Å². The number of hydrogen-bond acceptors (Lipinski definition) is 3. The lowest BCUT2D eigenvalue weighted by Gasteiger charge is -2.30. The van der Waals surface area contributed by atoms with Gasteiger partial charge in [0.15, 0.2) is 0 Å². The summed E-state index contributed by atoms with van der Waals surface area (Å²) in [4.78, 5) is 24.0. The highest BCUT2D eigenvalue weighted by molar-refractivity contribution is 5.79. The summed E-state index contributed by atoms with van der Waals surface area (Å²) in [6, 6.07) is 8.26. The Morgan fingerprint density at radius 3 is 2.85 bits per heavy atom. The molecule has 0 unspecified atom stereocenters. The molecule has 1 fully saturated rings. The van der Waals surface area contributed by atoms with Gasteiger partial charge in [0.25, 0.3) is 0 Å². The Labute approximate surface area is 153 Å². The summed E-state index contributed by atoms with van der Waals surface area (Å²) in [5.41, 5.74) is 4.07. The number of hydrogen-bond donors (Lipinski definition) is 0. The fourth-order valence-electron chi connectivity index (χ4n) is 3.89. The molecule has 4 heterocycles. The van der Waals surface area contributed by atoms with Crippen molar-refractivity contribution >= 4 is 11.6 Å². The molecule has 0 saturated carbocycles. The van der Waals surface area contributed by atoms with Crippen molar-refractivity contribution in [2.45, 2.75) is 45.1 Å². The molecule has 5 heteroatoms. The van der Waals surface area contributed by atoms with Crippen LogP contribution in [0.15, 0.2) is 49.1 Å². The average Bonchev–Trinajstić information content (AvgIpc) is 2.91. The fraction of sp³-hybridized carbons (Fsp3) is 0.381. The fourth-order valence-corrected chi connectivity index (χ4v) is 3.89. The van der Waals surface area contributed by atoms with Crippen LogP contribution < -0.4 is 0 Å². The van der Waals surface area contributed by atoms with Crippen molar-refractivity contribution in [3.8, 4) is 0 Å². The van der Waals surface area contributed by atoms with Crippen molar-refractivity contribution in [2.24, 2.45) is 0 Å². The smallest absolute Gasteiger partial charge is 0.229 e. The third-order valence-corrected chi connectivity index (χ3v) is 5.22. The minimum atomic E-state index is 0.145. The molecular formula is C21H24N4O. The largest absolute Gasteiger partial charge is 0.335 e. The summed E-state index contributed by atoms with van der Waals surface area (Å²) in [7, 11) is 0. The molecule has 3 aromatic heterocycles. The summed E-state index contributed by atoms with van der Waals surface area (Å²) in [5, 5.41) is 0. The van der Waals surface area contributed by atoms with Gasteiger partial charge in [0.05, 0.1) is 18.2 Å². The molecule has 1 amide bonds. The summed E-state index contributed by atoms with van der Waals surface area (Å²) >= 11 is 0. The van der Waals surface area contributed by atoms with Crippen LogP contribution in [-0.4, -0.2) is 31.7 Å². The molecule has 3 aromatic rings. The first-order chi connectivity index (χ1) is 12.7. The zero-order valence-electron chi connectivity index (χ0n) is 15.1. The van der Waals surface area contributed by atoms with Gasteiger partial charge in [0.1, 0.15) is 5.65 Å². The normalized spacial score (nSPS) is 18.0. The van der Waals surface area contributed by atoms with E-state index >= 15 is 0 Å². The topological polar surface area (TPSA) is 50.5 Å². The van der Waals surface area contributed by atoms with Crippen LogP contribution in [0.5, 0.6) is 0 Å². The van der Waals surface area contributed by atoms with E-state index in [2.05, 4.69) is 14.9 Å². The predicted octanol–water partition coefficient (Wildman–Crippen LogP) is 3.72. The number of aromatic nitrogens is 3. The molecule has 0 spiro atoms. The molecule has 0 aromatic carbocycles. The number of carbonyl (C=O) groups is 1. The van der Waals surface area contributed by atoms with Crippen LogP contribution >= 0.6 is 0 Å². The predicted molar refractivity (Wildman–Crippen MR) is 101 cm³/mol. The Morgan fingerprint density at radius 2 is 2.04 bits per heavy atom. The van der Waals surface area contributed by atoms with Crippen LogP contribution in [0.1, 0.15) is 48.5 Å². The van der Waals surface area contributed by atoms with Gasteiger partial charge in [-0.1, -0.05) is 18.9 Å². The van der Waals surface area contributed by atoms with E-state index in [1.54, 1.807) is 0 Å². The number of carbonyl (C=O) groups excluding carboxylic acids is 1. The zero-order chi connectivity index (χ0) is 17.9. The number of fused-ring (bicyclic) bond motifs is 1. The maximum atomic E-state index is 13.1. The summed E-state index contributed by atoms with van der Waals surface area (Å²) < 4.78 is 2.00. The highest BCUT2D eigenvalue weighted by Gasteiger charge is 2.27. The maximum Gasteiger partial charge on any atom is 0.229 e. The van der Waals surface area contributed by atoms with Gasteiger partial charge < -0.3 is 9.30 Å². The quantitative estimate of drug-likeness (QED) is 0.725. The second-order valence-electron chi connectivity index (χ2n) is 7.06. The van der Waals surface area contributed by atoms with Gasteiger partial charge in [0, 0.05) is 31.3 Å². The number of amides is 1. The standard InChI is InChI=1S/C21H24N4O/c1-16-6-5-12-24-15-18(23-21(16)24)14-20(26)25-13-4-2-3-7-19(25)17-8-10-22-11-9-17/h5-6,8-12,15,19H,2-4,7,13-14H2,1H3/t19-/m0/s1. The number of likely N-dealkylation sites (tertiary alicyclic amines) is 1. The Hall–Kier alpha value is -2.69. The molecule has 0 bridgehead atoms. The van der Waals surface area contributed by atoms with Gasteiger partial charge in [-0.2, -0.15) is 0 Å². The zero-order valence-corrected chi connectivity index (χ0v) is 15.1. The lowest BCUT2D eigenvalue weighted by molar-refractivity contribution is -0.133. The molecule has 1 aliphatic heterocycles. The van der Waals surface area contributed by atoms with Crippen molar-refractivity contribution in [1.82, 2.24) is 19.3 Å². The summed E-state index contributed by atoms with van der Waals surface area (Å²) in [5.74, 6) is 0.162. The van der Waals surface area contributed by atoms with Gasteiger partial charge in [-0.05, 0) is 49.1 Å². The van der Waals surface area contributed by atoms with E-state index in [4.69, 9.17) is 0 Å². The first-order valence-corrected chi connectivity index (χ1v) is 9.35. The van der Waals surface area contributed by atoms with E-state index < -0.39 is 0 Å². The van der Waals surface area contributed by atoms with Gasteiger partial charge in [-0.15, -0.1) is 0 Å². The van der Waals surface area contributed by atoms with E-state index in [0.717, 1.165) is 42.7 Å². The SMILES string of the molecule is Cc1cccn2cc(CC(=O)N3CCCCC[C@H]3c3ccncc3)nc12. The lowest BCUT2D eigenvalue weighted by Crippen LogP contribution is -2.36. The van der Waals surface area contributed by atoms with E-state index in [0.29, 0.717) is 6.42 Å². The number of nitrogens with zero attached hydrogens (tertiary/aromatic N) is 4. The van der Waals surface area contributed by atoms with Gasteiger partial charge >= 0.3 is 0 Å². The number of rotatable bonds is 3. The van der Waals surface area contributed by atoms with Crippen LogP contribution in [0, 0.1) is 6.92 Å². The maximum absolute atomic E-state index is 13.1. The molecule has 4 rings (SSSR count). The van der Waals surface area contributed by atoms with Crippen LogP contribution in [0.2, 0.25) is 0 Å². The monoisotopic (exact) mass is 348 g/mol. The van der Waals surface area contributed by atoms with Crippen LogP contribution in [0.4, 0.5) is 0 Å². The van der Waals surface area contributed by atoms with E-state index in [9.17, 15) is 4.79 Å². The number of imidazole rings is 1. The first kappa shape index (κ1) is 16.8. The highest BCUT2D eigenvalue weighted by atomic mass is 16.2. The van der Waals surface area contributed by atoms with Gasteiger partial charge in [-0.25, -0.2) is 4.98 Å². The van der Waals surface area contributed by atoms with Crippen LogP contribution in [-0.2, 0) is 11.2 Å². The Kier molecular flexibility index (Phi) is 4.69. The van der Waals surface area contributed by atoms with Crippen molar-refractivity contribution in [1.29, 1.82) is 0 Å². The third kappa shape index (κ3) is 3.34. The minimum Gasteiger partial charge on any atom is -0.335 e. The molecule has 1 saturated heterocycles. The molecule has 0 aliphatic carbocycles. The Morgan fingerprint density at radius 1 is 1.19 bits per heavy atom. The molecule has 0 radical (unpaired) electrons. The van der Waals surface area contributed by atoms with Crippen LogP contribution in [0.3, 0.4) is 0 Å². The number of pyridine rings is 2. The highest BCUT2D eigenvalue weighted by Crippen LogP contribution is 2.30.